The lowest BCUT2D eigenvalue weighted by Crippen LogP contribution is -2.38. The van der Waals surface area contributed by atoms with Crippen LogP contribution in [0.4, 0.5) is 5.69 Å². The van der Waals surface area contributed by atoms with Crippen LogP contribution >= 0.6 is 0 Å². The van der Waals surface area contributed by atoms with Gasteiger partial charge in [0.2, 0.25) is 0 Å². The van der Waals surface area contributed by atoms with Gasteiger partial charge in [0.1, 0.15) is 5.69 Å². The molecule has 1 aromatic rings. The van der Waals surface area contributed by atoms with Gasteiger partial charge >= 0.3 is 0 Å². The average Bonchev–Trinajstić information content (AvgIpc) is 2.54. The molecule has 0 aromatic carbocycles. The molecule has 0 fully saturated rings. The average molecular weight is 225 g/mol. The molecular weight excluding hydrogens is 206 g/mol. The maximum atomic E-state index is 11.8. The van der Waals surface area contributed by atoms with Crippen molar-refractivity contribution in [2.24, 2.45) is 7.05 Å². The molecule has 0 saturated carbocycles. The lowest BCUT2D eigenvalue weighted by Gasteiger charge is -2.19. The minimum absolute atomic E-state index is 0.189. The SMILES string of the molecule is CC(CNC(=O)c1c(N)cnn1C)N(C)C. The quantitative estimate of drug-likeness (QED) is 0.736. The molecule has 3 N–H and O–H groups in total. The molecule has 1 heterocycles. The summed E-state index contributed by atoms with van der Waals surface area (Å²) in [4.78, 5) is 13.8. The summed E-state index contributed by atoms with van der Waals surface area (Å²) in [7, 11) is 5.63. The summed E-state index contributed by atoms with van der Waals surface area (Å²) in [6.07, 6.45) is 1.48. The Morgan fingerprint density at radius 2 is 2.31 bits per heavy atom. The van der Waals surface area contributed by atoms with E-state index in [4.69, 9.17) is 5.73 Å². The third kappa shape index (κ3) is 2.73. The summed E-state index contributed by atoms with van der Waals surface area (Å²) < 4.78 is 1.48. The van der Waals surface area contributed by atoms with Crippen LogP contribution < -0.4 is 11.1 Å². The number of nitrogens with two attached hydrogens (primary N) is 1. The van der Waals surface area contributed by atoms with Crippen molar-refractivity contribution in [3.05, 3.63) is 11.9 Å². The van der Waals surface area contributed by atoms with E-state index in [1.807, 2.05) is 25.9 Å². The lowest BCUT2D eigenvalue weighted by atomic mass is 10.3. The van der Waals surface area contributed by atoms with E-state index < -0.39 is 0 Å². The van der Waals surface area contributed by atoms with Crippen LogP contribution in [0.1, 0.15) is 17.4 Å². The van der Waals surface area contributed by atoms with Crippen molar-refractivity contribution in [1.29, 1.82) is 0 Å². The highest BCUT2D eigenvalue weighted by molar-refractivity contribution is 5.97. The summed E-state index contributed by atoms with van der Waals surface area (Å²) in [5, 5.41) is 6.75. The van der Waals surface area contributed by atoms with Gasteiger partial charge in [-0.3, -0.25) is 9.48 Å². The number of carbonyl (C=O) groups excluding carboxylic acids is 1. The van der Waals surface area contributed by atoms with Crippen molar-refractivity contribution in [2.75, 3.05) is 26.4 Å². The molecule has 0 radical (unpaired) electrons. The van der Waals surface area contributed by atoms with E-state index in [-0.39, 0.29) is 11.9 Å². The first-order valence-corrected chi connectivity index (χ1v) is 5.15. The normalized spacial score (nSPS) is 12.8. The molecule has 16 heavy (non-hydrogen) atoms. The molecule has 90 valence electrons. The van der Waals surface area contributed by atoms with Crippen LogP contribution in [0, 0.1) is 0 Å². The van der Waals surface area contributed by atoms with Gasteiger partial charge in [0, 0.05) is 19.6 Å². The van der Waals surface area contributed by atoms with E-state index in [0.717, 1.165) is 0 Å². The van der Waals surface area contributed by atoms with Gasteiger partial charge < -0.3 is 16.0 Å². The summed E-state index contributed by atoms with van der Waals surface area (Å²) in [5.74, 6) is -0.189. The van der Waals surface area contributed by atoms with E-state index in [9.17, 15) is 4.79 Å². The first-order chi connectivity index (χ1) is 7.43. The number of anilines is 1. The van der Waals surface area contributed by atoms with Crippen LogP contribution in [-0.4, -0.2) is 47.3 Å². The van der Waals surface area contributed by atoms with Gasteiger partial charge in [0.05, 0.1) is 11.9 Å². The molecule has 0 aliphatic carbocycles. The molecule has 1 unspecified atom stereocenters. The van der Waals surface area contributed by atoms with Crippen LogP contribution in [0.15, 0.2) is 6.20 Å². The Kier molecular flexibility index (Phi) is 3.89. The highest BCUT2D eigenvalue weighted by Gasteiger charge is 2.15. The maximum absolute atomic E-state index is 11.8. The van der Waals surface area contributed by atoms with Crippen molar-refractivity contribution in [2.45, 2.75) is 13.0 Å². The molecule has 1 rings (SSSR count). The smallest absolute Gasteiger partial charge is 0.271 e. The minimum atomic E-state index is -0.189. The number of aromatic nitrogens is 2. The first kappa shape index (κ1) is 12.5. The Labute approximate surface area is 95.4 Å². The largest absolute Gasteiger partial charge is 0.396 e. The number of rotatable bonds is 4. The fourth-order valence-electron chi connectivity index (χ4n) is 1.24. The molecule has 0 aliphatic rings. The van der Waals surface area contributed by atoms with Crippen LogP contribution in [0.25, 0.3) is 0 Å². The number of likely N-dealkylation sites (N-methyl/N-ethyl adjacent to an activating group) is 1. The Hall–Kier alpha value is -1.56. The number of amides is 1. The summed E-state index contributed by atoms with van der Waals surface area (Å²) in [5.41, 5.74) is 6.46. The van der Waals surface area contributed by atoms with Crippen LogP contribution in [0.2, 0.25) is 0 Å². The summed E-state index contributed by atoms with van der Waals surface area (Å²) >= 11 is 0. The molecule has 0 spiro atoms. The Bertz CT molecular complexity index is 352. The van der Waals surface area contributed by atoms with Crippen LogP contribution in [0.5, 0.6) is 0 Å². The number of nitrogens with one attached hydrogen (secondary N) is 1. The van der Waals surface area contributed by atoms with Crippen molar-refractivity contribution >= 4 is 11.6 Å². The molecule has 1 aromatic heterocycles. The van der Waals surface area contributed by atoms with Gasteiger partial charge in [0.15, 0.2) is 0 Å². The van der Waals surface area contributed by atoms with Crippen molar-refractivity contribution in [3.63, 3.8) is 0 Å². The zero-order valence-corrected chi connectivity index (χ0v) is 10.2. The number of carbonyl (C=O) groups is 1. The second kappa shape index (κ2) is 4.98. The van der Waals surface area contributed by atoms with E-state index >= 15 is 0 Å². The fraction of sp³-hybridized carbons (Fsp3) is 0.600. The Morgan fingerprint density at radius 1 is 1.69 bits per heavy atom. The number of hydrogen-bond donors (Lipinski definition) is 2. The zero-order chi connectivity index (χ0) is 12.3. The molecule has 6 nitrogen and oxygen atoms in total. The van der Waals surface area contributed by atoms with Gasteiger partial charge in [-0.15, -0.1) is 0 Å². The van der Waals surface area contributed by atoms with Gasteiger partial charge in [-0.05, 0) is 21.0 Å². The maximum Gasteiger partial charge on any atom is 0.271 e. The molecule has 0 aliphatic heterocycles. The zero-order valence-electron chi connectivity index (χ0n) is 10.2. The summed E-state index contributed by atoms with van der Waals surface area (Å²) in [6, 6.07) is 0.276. The van der Waals surface area contributed by atoms with Gasteiger partial charge in [0.25, 0.3) is 5.91 Å². The lowest BCUT2D eigenvalue weighted by molar-refractivity contribution is 0.0935. The monoisotopic (exact) mass is 225 g/mol. The Morgan fingerprint density at radius 3 is 2.75 bits per heavy atom. The summed E-state index contributed by atoms with van der Waals surface area (Å²) in [6.45, 7) is 2.61. The topological polar surface area (TPSA) is 76.2 Å². The molecule has 0 bridgehead atoms. The van der Waals surface area contributed by atoms with Crippen molar-refractivity contribution in [1.82, 2.24) is 20.0 Å². The predicted molar refractivity (Wildman–Crippen MR) is 63.1 cm³/mol. The fourth-order valence-corrected chi connectivity index (χ4v) is 1.24. The molecule has 6 heteroatoms. The number of nitrogens with zero attached hydrogens (tertiary/aromatic N) is 3. The van der Waals surface area contributed by atoms with E-state index in [1.165, 1.54) is 10.9 Å². The Balaban J connectivity index is 2.60. The highest BCUT2D eigenvalue weighted by Crippen LogP contribution is 2.08. The van der Waals surface area contributed by atoms with Gasteiger partial charge in [-0.2, -0.15) is 5.10 Å². The number of aryl methyl sites for hydroxylation is 1. The van der Waals surface area contributed by atoms with E-state index in [2.05, 4.69) is 10.4 Å². The highest BCUT2D eigenvalue weighted by atomic mass is 16.2. The van der Waals surface area contributed by atoms with Gasteiger partial charge in [-0.1, -0.05) is 0 Å². The standard InChI is InChI=1S/C10H19N5O/c1-7(14(2)3)5-12-10(16)9-8(11)6-13-15(9)4/h6-7H,5,11H2,1-4H3,(H,12,16). The van der Waals surface area contributed by atoms with E-state index in [0.29, 0.717) is 17.9 Å². The second-order valence-electron chi connectivity index (χ2n) is 4.09. The number of hydrogen-bond acceptors (Lipinski definition) is 4. The minimum Gasteiger partial charge on any atom is -0.396 e. The molecule has 1 amide bonds. The molecular formula is C10H19N5O. The van der Waals surface area contributed by atoms with E-state index in [1.54, 1.807) is 7.05 Å². The van der Waals surface area contributed by atoms with Crippen LogP contribution in [0.3, 0.4) is 0 Å². The van der Waals surface area contributed by atoms with Crippen molar-refractivity contribution in [3.8, 4) is 0 Å². The number of nitrogen functional groups attached to an aromatic ring is 1. The van der Waals surface area contributed by atoms with Crippen LogP contribution in [-0.2, 0) is 7.05 Å². The third-order valence-corrected chi connectivity index (χ3v) is 2.62. The van der Waals surface area contributed by atoms with Crippen molar-refractivity contribution < 1.29 is 4.79 Å². The second-order valence-corrected chi connectivity index (χ2v) is 4.09. The molecule has 1 atom stereocenters. The van der Waals surface area contributed by atoms with Gasteiger partial charge in [-0.25, -0.2) is 0 Å². The third-order valence-electron chi connectivity index (χ3n) is 2.62. The molecule has 0 saturated heterocycles. The first-order valence-electron chi connectivity index (χ1n) is 5.15. The predicted octanol–water partition coefficient (Wildman–Crippen LogP) is -0.318.